The number of nitrogens with one attached hydrogen (secondary N) is 1. The molecule has 2 amide bonds. The van der Waals surface area contributed by atoms with E-state index >= 15 is 0 Å². The molecule has 3 heterocycles. The van der Waals surface area contributed by atoms with Gasteiger partial charge in [-0.1, -0.05) is 18.2 Å². The van der Waals surface area contributed by atoms with Gasteiger partial charge < -0.3 is 15.0 Å². The number of nitrogens with zero attached hydrogens (tertiary/aromatic N) is 3. The van der Waals surface area contributed by atoms with Crippen LogP contribution in [0.5, 0.6) is 0 Å². The number of rotatable bonds is 4. The third kappa shape index (κ3) is 4.25. The third-order valence-electron chi connectivity index (χ3n) is 5.27. The van der Waals surface area contributed by atoms with E-state index < -0.39 is 0 Å². The summed E-state index contributed by atoms with van der Waals surface area (Å²) in [6.07, 6.45) is 4.56. The number of carbonyl (C=O) groups excluding carboxylic acids is 2. The van der Waals surface area contributed by atoms with Crippen LogP contribution in [0, 0.1) is 0 Å². The van der Waals surface area contributed by atoms with Crippen LogP contribution >= 0.6 is 0 Å². The molecule has 0 aliphatic carbocycles. The Kier molecular flexibility index (Phi) is 5.88. The molecule has 3 aromatic rings. The zero-order chi connectivity index (χ0) is 20.9. The molecule has 1 saturated heterocycles. The normalized spacial score (nSPS) is 14.5. The van der Waals surface area contributed by atoms with Gasteiger partial charge in [0.2, 0.25) is 0 Å². The highest BCUT2D eigenvalue weighted by Crippen LogP contribution is 2.25. The van der Waals surface area contributed by atoms with Gasteiger partial charge in [0.15, 0.2) is 0 Å². The van der Waals surface area contributed by atoms with Crippen molar-refractivity contribution in [3.05, 3.63) is 60.4 Å². The van der Waals surface area contributed by atoms with E-state index in [1.165, 1.54) is 0 Å². The fraction of sp³-hybridized carbons (Fsp3) is 0.304. The summed E-state index contributed by atoms with van der Waals surface area (Å²) in [6.45, 7) is 3.30. The van der Waals surface area contributed by atoms with E-state index in [9.17, 15) is 9.59 Å². The van der Waals surface area contributed by atoms with Crippen LogP contribution in [0.1, 0.15) is 30.1 Å². The van der Waals surface area contributed by atoms with E-state index in [1.807, 2.05) is 42.5 Å². The van der Waals surface area contributed by atoms with E-state index in [0.29, 0.717) is 43.8 Å². The van der Waals surface area contributed by atoms with Gasteiger partial charge in [-0.3, -0.25) is 9.78 Å². The Labute approximate surface area is 175 Å². The van der Waals surface area contributed by atoms with Crippen LogP contribution in [-0.2, 0) is 4.74 Å². The number of hydrogen-bond acceptors (Lipinski definition) is 5. The van der Waals surface area contributed by atoms with E-state index in [-0.39, 0.29) is 18.0 Å². The molecule has 7 heteroatoms. The first-order valence-corrected chi connectivity index (χ1v) is 10.2. The number of pyridine rings is 2. The lowest BCUT2D eigenvalue weighted by Gasteiger charge is -2.31. The molecule has 1 N–H and O–H groups in total. The molecule has 2 aromatic heterocycles. The molecule has 7 nitrogen and oxygen atoms in total. The number of aromatic nitrogens is 2. The van der Waals surface area contributed by atoms with Crippen molar-refractivity contribution in [3.8, 4) is 11.3 Å². The average molecular weight is 404 g/mol. The van der Waals surface area contributed by atoms with E-state index in [2.05, 4.69) is 10.3 Å². The van der Waals surface area contributed by atoms with Crippen LogP contribution in [0.2, 0.25) is 0 Å². The predicted octanol–water partition coefficient (Wildman–Crippen LogP) is 3.65. The summed E-state index contributed by atoms with van der Waals surface area (Å²) >= 11 is 0. The fourth-order valence-electron chi connectivity index (χ4n) is 3.71. The minimum Gasteiger partial charge on any atom is -0.450 e. The van der Waals surface area contributed by atoms with Crippen molar-refractivity contribution in [1.29, 1.82) is 0 Å². The molecule has 0 atom stereocenters. The van der Waals surface area contributed by atoms with Crippen LogP contribution in [0.15, 0.2) is 54.9 Å². The number of fused-ring (bicyclic) bond motifs is 1. The van der Waals surface area contributed by atoms with E-state index in [0.717, 1.165) is 16.5 Å². The van der Waals surface area contributed by atoms with Gasteiger partial charge in [-0.2, -0.15) is 0 Å². The lowest BCUT2D eigenvalue weighted by Crippen LogP contribution is -2.46. The van der Waals surface area contributed by atoms with Gasteiger partial charge in [0.1, 0.15) is 0 Å². The van der Waals surface area contributed by atoms with Gasteiger partial charge in [0, 0.05) is 42.5 Å². The number of hydrogen-bond donors (Lipinski definition) is 1. The van der Waals surface area contributed by atoms with Crippen molar-refractivity contribution in [3.63, 3.8) is 0 Å². The Balaban J connectivity index is 1.54. The minimum atomic E-state index is -0.288. The molecule has 4 rings (SSSR count). The third-order valence-corrected chi connectivity index (χ3v) is 5.27. The molecule has 0 radical (unpaired) electrons. The SMILES string of the molecule is CCOC(=O)N1CCC(NC(=O)c2cc(-c3cccnc3)nc3ccccc23)CC1. The van der Waals surface area contributed by atoms with Crippen LogP contribution in [-0.4, -0.2) is 52.6 Å². The number of likely N-dealkylation sites (tertiary alicyclic amines) is 1. The van der Waals surface area contributed by atoms with Crippen molar-refractivity contribution in [2.24, 2.45) is 0 Å². The van der Waals surface area contributed by atoms with Crippen molar-refractivity contribution < 1.29 is 14.3 Å². The summed E-state index contributed by atoms with van der Waals surface area (Å²) in [4.78, 5) is 35.6. The second kappa shape index (κ2) is 8.90. The van der Waals surface area contributed by atoms with Gasteiger partial charge in [-0.15, -0.1) is 0 Å². The number of benzene rings is 1. The molecule has 0 bridgehead atoms. The maximum Gasteiger partial charge on any atom is 0.409 e. The molecule has 0 spiro atoms. The number of piperidine rings is 1. The van der Waals surface area contributed by atoms with Crippen molar-refractivity contribution in [2.45, 2.75) is 25.8 Å². The van der Waals surface area contributed by atoms with Crippen LogP contribution in [0.25, 0.3) is 22.2 Å². The number of ether oxygens (including phenoxy) is 1. The Bertz CT molecular complexity index is 1050. The molecular formula is C23H24N4O3. The molecule has 1 fully saturated rings. The number of carbonyl (C=O) groups is 2. The zero-order valence-electron chi connectivity index (χ0n) is 16.9. The average Bonchev–Trinajstić information content (AvgIpc) is 2.79. The Hall–Kier alpha value is -3.48. The maximum absolute atomic E-state index is 13.2. The van der Waals surface area contributed by atoms with Crippen LogP contribution in [0.4, 0.5) is 4.79 Å². The minimum absolute atomic E-state index is 0.0111. The molecule has 1 aromatic carbocycles. The highest BCUT2D eigenvalue weighted by atomic mass is 16.6. The van der Waals surface area contributed by atoms with E-state index in [1.54, 1.807) is 24.2 Å². The van der Waals surface area contributed by atoms with E-state index in [4.69, 9.17) is 9.72 Å². The highest BCUT2D eigenvalue weighted by Gasteiger charge is 2.25. The smallest absolute Gasteiger partial charge is 0.409 e. The first kappa shape index (κ1) is 19.8. The Morgan fingerprint density at radius 3 is 2.70 bits per heavy atom. The van der Waals surface area contributed by atoms with Gasteiger partial charge in [-0.05, 0) is 44.0 Å². The van der Waals surface area contributed by atoms with Gasteiger partial charge in [-0.25, -0.2) is 9.78 Å². The largest absolute Gasteiger partial charge is 0.450 e. The Morgan fingerprint density at radius 2 is 1.97 bits per heavy atom. The molecular weight excluding hydrogens is 380 g/mol. The summed E-state index contributed by atoms with van der Waals surface area (Å²) in [5, 5.41) is 3.95. The molecule has 1 aliphatic heterocycles. The molecule has 154 valence electrons. The first-order chi connectivity index (χ1) is 14.7. The second-order valence-corrected chi connectivity index (χ2v) is 7.25. The van der Waals surface area contributed by atoms with Gasteiger partial charge in [0.05, 0.1) is 23.4 Å². The van der Waals surface area contributed by atoms with Crippen molar-refractivity contribution >= 4 is 22.9 Å². The highest BCUT2D eigenvalue weighted by molar-refractivity contribution is 6.07. The molecule has 0 unspecified atom stereocenters. The van der Waals surface area contributed by atoms with Gasteiger partial charge in [0.25, 0.3) is 5.91 Å². The predicted molar refractivity (Wildman–Crippen MR) is 114 cm³/mol. The molecule has 30 heavy (non-hydrogen) atoms. The summed E-state index contributed by atoms with van der Waals surface area (Å²) in [6, 6.07) is 13.2. The maximum atomic E-state index is 13.2. The lowest BCUT2D eigenvalue weighted by atomic mass is 10.0. The number of amides is 2. The van der Waals surface area contributed by atoms with Crippen LogP contribution in [0.3, 0.4) is 0 Å². The van der Waals surface area contributed by atoms with Crippen molar-refractivity contribution in [1.82, 2.24) is 20.2 Å². The first-order valence-electron chi connectivity index (χ1n) is 10.2. The lowest BCUT2D eigenvalue weighted by molar-refractivity contribution is 0.0861. The monoisotopic (exact) mass is 404 g/mol. The molecule has 0 saturated carbocycles. The number of para-hydroxylation sites is 1. The van der Waals surface area contributed by atoms with Gasteiger partial charge >= 0.3 is 6.09 Å². The Morgan fingerprint density at radius 1 is 1.17 bits per heavy atom. The topological polar surface area (TPSA) is 84.4 Å². The summed E-state index contributed by atoms with van der Waals surface area (Å²) in [5.41, 5.74) is 2.93. The zero-order valence-corrected chi connectivity index (χ0v) is 16.9. The second-order valence-electron chi connectivity index (χ2n) is 7.25. The quantitative estimate of drug-likeness (QED) is 0.718. The molecule has 1 aliphatic rings. The van der Waals surface area contributed by atoms with Crippen LogP contribution < -0.4 is 5.32 Å². The van der Waals surface area contributed by atoms with Crippen molar-refractivity contribution in [2.75, 3.05) is 19.7 Å². The summed E-state index contributed by atoms with van der Waals surface area (Å²) in [5.74, 6) is -0.131. The summed E-state index contributed by atoms with van der Waals surface area (Å²) in [7, 11) is 0. The summed E-state index contributed by atoms with van der Waals surface area (Å²) < 4.78 is 5.06. The fourth-order valence-corrected chi connectivity index (χ4v) is 3.71. The standard InChI is InChI=1S/C23H24N4O3/c1-2-30-23(29)27-12-9-17(10-13-27)25-22(28)19-14-21(16-6-5-11-24-15-16)26-20-8-4-3-7-18(19)20/h3-8,11,14-15,17H,2,9-10,12-13H2,1H3,(H,25,28).